The van der Waals surface area contributed by atoms with Crippen molar-refractivity contribution in [2.24, 2.45) is 0 Å². The van der Waals surface area contributed by atoms with Gasteiger partial charge in [-0.3, -0.25) is 4.90 Å². The summed E-state index contributed by atoms with van der Waals surface area (Å²) in [5, 5.41) is 0. The van der Waals surface area contributed by atoms with E-state index in [0.717, 1.165) is 6.61 Å². The van der Waals surface area contributed by atoms with Gasteiger partial charge < -0.3 is 4.74 Å². The van der Waals surface area contributed by atoms with Crippen molar-refractivity contribution in [3.63, 3.8) is 0 Å². The number of hydrogen-bond acceptors (Lipinski definition) is 2. The third-order valence-electron chi connectivity index (χ3n) is 2.17. The molecule has 1 saturated heterocycles. The van der Waals surface area contributed by atoms with Crippen LogP contribution in [0.1, 0.15) is 19.8 Å². The van der Waals surface area contributed by atoms with Crippen LogP contribution in [0.3, 0.4) is 0 Å². The van der Waals surface area contributed by atoms with Crippen molar-refractivity contribution in [3.8, 4) is 0 Å². The minimum absolute atomic E-state index is 0.618. The first kappa shape index (κ1) is 8.02. The Balaban J connectivity index is 2.18. The molecule has 0 aliphatic carbocycles. The molecule has 1 unspecified atom stereocenters. The topological polar surface area (TPSA) is 12.5 Å². The monoisotopic (exact) mass is 143 g/mol. The van der Waals surface area contributed by atoms with Crippen molar-refractivity contribution in [2.75, 3.05) is 26.8 Å². The molecule has 2 nitrogen and oxygen atoms in total. The summed E-state index contributed by atoms with van der Waals surface area (Å²) < 4.78 is 5.07. The third kappa shape index (κ3) is 1.96. The maximum Gasteiger partial charge on any atom is 0.0615 e. The molecule has 2 heteroatoms. The van der Waals surface area contributed by atoms with E-state index < -0.39 is 0 Å². The molecular formula is C8H17NO. The summed E-state index contributed by atoms with van der Waals surface area (Å²) >= 11 is 0. The van der Waals surface area contributed by atoms with Crippen LogP contribution in [0.2, 0.25) is 0 Å². The van der Waals surface area contributed by atoms with E-state index in [1.165, 1.54) is 25.9 Å². The first-order chi connectivity index (χ1) is 4.84. The van der Waals surface area contributed by atoms with E-state index in [9.17, 15) is 0 Å². The minimum atomic E-state index is 0.618. The van der Waals surface area contributed by atoms with E-state index in [1.54, 1.807) is 7.11 Å². The first-order valence-corrected chi connectivity index (χ1v) is 4.07. The fraction of sp³-hybridized carbons (Fsp3) is 1.00. The number of nitrogens with zero attached hydrogens (tertiary/aromatic N) is 1. The van der Waals surface area contributed by atoms with Gasteiger partial charge in [-0.15, -0.1) is 0 Å². The molecular weight excluding hydrogens is 126 g/mol. The number of hydrogen-bond donors (Lipinski definition) is 0. The van der Waals surface area contributed by atoms with Crippen LogP contribution in [0.25, 0.3) is 0 Å². The maximum absolute atomic E-state index is 5.07. The zero-order chi connectivity index (χ0) is 7.40. The van der Waals surface area contributed by atoms with Crippen molar-refractivity contribution >= 4 is 0 Å². The predicted octanol–water partition coefficient (Wildman–Crippen LogP) is 1.12. The summed E-state index contributed by atoms with van der Waals surface area (Å²) in [7, 11) is 1.77. The number of methoxy groups -OCH3 is 1. The zero-order valence-electron chi connectivity index (χ0n) is 6.97. The molecule has 1 heterocycles. The summed E-state index contributed by atoms with van der Waals surface area (Å²) in [6, 6.07) is 0.618. The second kappa shape index (κ2) is 3.94. The van der Waals surface area contributed by atoms with Crippen molar-refractivity contribution in [3.05, 3.63) is 0 Å². The Morgan fingerprint density at radius 2 is 2.00 bits per heavy atom. The summed E-state index contributed by atoms with van der Waals surface area (Å²) in [6.07, 6.45) is 2.74. The Morgan fingerprint density at radius 1 is 1.40 bits per heavy atom. The highest BCUT2D eigenvalue weighted by Crippen LogP contribution is 2.10. The highest BCUT2D eigenvalue weighted by Gasteiger charge is 2.16. The Kier molecular flexibility index (Phi) is 3.16. The van der Waals surface area contributed by atoms with E-state index in [-0.39, 0.29) is 0 Å². The predicted molar refractivity (Wildman–Crippen MR) is 42.1 cm³/mol. The van der Waals surface area contributed by atoms with Crippen molar-refractivity contribution in [1.82, 2.24) is 4.90 Å². The average molecular weight is 143 g/mol. The fourth-order valence-corrected chi connectivity index (χ4v) is 1.53. The van der Waals surface area contributed by atoms with Crippen LogP contribution in [0.15, 0.2) is 0 Å². The van der Waals surface area contributed by atoms with Crippen LogP contribution in [-0.4, -0.2) is 37.7 Å². The van der Waals surface area contributed by atoms with Crippen LogP contribution in [-0.2, 0) is 4.74 Å². The minimum Gasteiger partial charge on any atom is -0.383 e. The molecule has 0 amide bonds. The molecule has 60 valence electrons. The highest BCUT2D eigenvalue weighted by molar-refractivity contribution is 4.71. The fourth-order valence-electron chi connectivity index (χ4n) is 1.53. The van der Waals surface area contributed by atoms with Gasteiger partial charge in [0.2, 0.25) is 0 Å². The molecule has 0 aromatic heterocycles. The van der Waals surface area contributed by atoms with Gasteiger partial charge in [0.1, 0.15) is 0 Å². The molecule has 0 spiro atoms. The SMILES string of the molecule is COCC(C)N1CCCC1. The average Bonchev–Trinajstić information content (AvgIpc) is 2.38. The molecule has 0 radical (unpaired) electrons. The number of ether oxygens (including phenoxy) is 1. The molecule has 1 aliphatic heterocycles. The second-order valence-corrected chi connectivity index (χ2v) is 3.05. The van der Waals surface area contributed by atoms with E-state index in [0.29, 0.717) is 6.04 Å². The largest absolute Gasteiger partial charge is 0.383 e. The number of rotatable bonds is 3. The van der Waals surface area contributed by atoms with Gasteiger partial charge in [-0.25, -0.2) is 0 Å². The summed E-state index contributed by atoms with van der Waals surface area (Å²) in [5.74, 6) is 0. The number of likely N-dealkylation sites (tertiary alicyclic amines) is 1. The highest BCUT2D eigenvalue weighted by atomic mass is 16.5. The lowest BCUT2D eigenvalue weighted by Gasteiger charge is -2.22. The summed E-state index contributed by atoms with van der Waals surface area (Å²) in [4.78, 5) is 2.49. The van der Waals surface area contributed by atoms with Crippen LogP contribution in [0, 0.1) is 0 Å². The lowest BCUT2D eigenvalue weighted by molar-refractivity contribution is 0.115. The Hall–Kier alpha value is -0.0800. The molecule has 0 N–H and O–H groups in total. The van der Waals surface area contributed by atoms with Crippen LogP contribution in [0.5, 0.6) is 0 Å². The Labute approximate surface area is 63.2 Å². The lowest BCUT2D eigenvalue weighted by atomic mass is 10.3. The van der Waals surface area contributed by atoms with Crippen molar-refractivity contribution in [2.45, 2.75) is 25.8 Å². The quantitative estimate of drug-likeness (QED) is 0.587. The van der Waals surface area contributed by atoms with Gasteiger partial charge in [-0.05, 0) is 32.9 Å². The molecule has 0 bridgehead atoms. The van der Waals surface area contributed by atoms with Gasteiger partial charge in [0.25, 0.3) is 0 Å². The standard InChI is InChI=1S/C8H17NO/c1-8(7-10-2)9-5-3-4-6-9/h8H,3-7H2,1-2H3. The van der Waals surface area contributed by atoms with Crippen molar-refractivity contribution in [1.29, 1.82) is 0 Å². The molecule has 0 aromatic carbocycles. The smallest absolute Gasteiger partial charge is 0.0615 e. The van der Waals surface area contributed by atoms with Gasteiger partial charge in [-0.2, -0.15) is 0 Å². The first-order valence-electron chi connectivity index (χ1n) is 4.07. The molecule has 1 atom stereocenters. The van der Waals surface area contributed by atoms with Gasteiger partial charge in [-0.1, -0.05) is 0 Å². The van der Waals surface area contributed by atoms with Crippen molar-refractivity contribution < 1.29 is 4.74 Å². The summed E-state index contributed by atoms with van der Waals surface area (Å²) in [6.45, 7) is 5.64. The van der Waals surface area contributed by atoms with E-state index in [1.807, 2.05) is 0 Å². The third-order valence-corrected chi connectivity index (χ3v) is 2.17. The van der Waals surface area contributed by atoms with Gasteiger partial charge in [0.05, 0.1) is 6.61 Å². The Bertz CT molecular complexity index is 89.3. The summed E-state index contributed by atoms with van der Waals surface area (Å²) in [5.41, 5.74) is 0. The van der Waals surface area contributed by atoms with Gasteiger partial charge >= 0.3 is 0 Å². The second-order valence-electron chi connectivity index (χ2n) is 3.05. The van der Waals surface area contributed by atoms with Crippen LogP contribution < -0.4 is 0 Å². The zero-order valence-corrected chi connectivity index (χ0v) is 6.97. The van der Waals surface area contributed by atoms with E-state index in [4.69, 9.17) is 4.74 Å². The van der Waals surface area contributed by atoms with Gasteiger partial charge in [0, 0.05) is 13.2 Å². The van der Waals surface area contributed by atoms with E-state index in [2.05, 4.69) is 11.8 Å². The van der Waals surface area contributed by atoms with Gasteiger partial charge in [0.15, 0.2) is 0 Å². The van der Waals surface area contributed by atoms with Crippen LogP contribution >= 0.6 is 0 Å². The molecule has 10 heavy (non-hydrogen) atoms. The molecule has 1 rings (SSSR count). The van der Waals surface area contributed by atoms with E-state index >= 15 is 0 Å². The molecule has 1 aliphatic rings. The Morgan fingerprint density at radius 3 is 2.50 bits per heavy atom. The molecule has 1 fully saturated rings. The lowest BCUT2D eigenvalue weighted by Crippen LogP contribution is -2.33. The molecule has 0 aromatic rings. The normalized spacial score (nSPS) is 23.4. The van der Waals surface area contributed by atoms with Crippen LogP contribution in [0.4, 0.5) is 0 Å². The maximum atomic E-state index is 5.07. The molecule has 0 saturated carbocycles.